The minimum atomic E-state index is -4.07. The Bertz CT molecular complexity index is 1290. The summed E-state index contributed by atoms with van der Waals surface area (Å²) in [5.74, 6) is -0.772. The van der Waals surface area contributed by atoms with Crippen molar-refractivity contribution < 1.29 is 18.0 Å². The SMILES string of the molecule is CCc1ccccc1N(CC(=O)N(Cc1ccccc1)C(C)C(=O)NC(C)C)S(=O)(=O)c1ccccc1. The summed E-state index contributed by atoms with van der Waals surface area (Å²) in [6, 6.07) is 23.7. The van der Waals surface area contributed by atoms with Crippen molar-refractivity contribution in [1.29, 1.82) is 0 Å². The molecule has 196 valence electrons. The molecule has 1 N–H and O–H groups in total. The molecule has 0 radical (unpaired) electrons. The van der Waals surface area contributed by atoms with E-state index in [0.717, 1.165) is 15.4 Å². The monoisotopic (exact) mass is 521 g/mol. The number of amides is 2. The van der Waals surface area contributed by atoms with E-state index in [4.69, 9.17) is 0 Å². The van der Waals surface area contributed by atoms with Crippen molar-refractivity contribution in [2.75, 3.05) is 10.8 Å². The van der Waals surface area contributed by atoms with Crippen molar-refractivity contribution in [2.24, 2.45) is 0 Å². The van der Waals surface area contributed by atoms with E-state index in [2.05, 4.69) is 5.32 Å². The van der Waals surface area contributed by atoms with Crippen LogP contribution in [0.2, 0.25) is 0 Å². The van der Waals surface area contributed by atoms with Gasteiger partial charge in [-0.05, 0) is 56.5 Å². The van der Waals surface area contributed by atoms with E-state index in [-0.39, 0.29) is 23.4 Å². The van der Waals surface area contributed by atoms with E-state index >= 15 is 0 Å². The molecule has 8 heteroatoms. The third-order valence-electron chi connectivity index (χ3n) is 6.05. The van der Waals surface area contributed by atoms with Crippen LogP contribution < -0.4 is 9.62 Å². The Morgan fingerprint density at radius 1 is 0.838 bits per heavy atom. The lowest BCUT2D eigenvalue weighted by Crippen LogP contribution is -2.52. The normalized spacial score (nSPS) is 12.1. The second-order valence-electron chi connectivity index (χ2n) is 9.15. The molecule has 0 heterocycles. The first kappa shape index (κ1) is 27.9. The predicted molar refractivity (Wildman–Crippen MR) is 147 cm³/mol. The van der Waals surface area contributed by atoms with Gasteiger partial charge in [0.25, 0.3) is 10.0 Å². The first-order chi connectivity index (χ1) is 17.6. The Balaban J connectivity index is 2.05. The number of anilines is 1. The summed E-state index contributed by atoms with van der Waals surface area (Å²) in [4.78, 5) is 28.3. The fourth-order valence-corrected chi connectivity index (χ4v) is 5.53. The average Bonchev–Trinajstić information content (AvgIpc) is 2.90. The fourth-order valence-electron chi connectivity index (χ4n) is 4.05. The maximum Gasteiger partial charge on any atom is 0.264 e. The topological polar surface area (TPSA) is 86.8 Å². The van der Waals surface area contributed by atoms with Gasteiger partial charge in [-0.2, -0.15) is 0 Å². The highest BCUT2D eigenvalue weighted by Gasteiger charge is 2.33. The molecule has 3 rings (SSSR count). The molecular formula is C29H35N3O4S. The van der Waals surface area contributed by atoms with Crippen LogP contribution in [0.25, 0.3) is 0 Å². The average molecular weight is 522 g/mol. The van der Waals surface area contributed by atoms with Crippen LogP contribution in [0, 0.1) is 0 Å². The minimum Gasteiger partial charge on any atom is -0.352 e. The van der Waals surface area contributed by atoms with Crippen LogP contribution in [0.4, 0.5) is 5.69 Å². The molecule has 0 aliphatic carbocycles. The van der Waals surface area contributed by atoms with Gasteiger partial charge in [0.1, 0.15) is 12.6 Å². The first-order valence-electron chi connectivity index (χ1n) is 12.4. The van der Waals surface area contributed by atoms with Gasteiger partial charge >= 0.3 is 0 Å². The zero-order valence-corrected chi connectivity index (χ0v) is 22.6. The number of hydrogen-bond donors (Lipinski definition) is 1. The van der Waals surface area contributed by atoms with Gasteiger partial charge in [0.05, 0.1) is 10.6 Å². The zero-order chi connectivity index (χ0) is 27.0. The molecule has 0 aliphatic rings. The van der Waals surface area contributed by atoms with Crippen LogP contribution >= 0.6 is 0 Å². The molecule has 0 aliphatic heterocycles. The number of para-hydroxylation sites is 1. The lowest BCUT2D eigenvalue weighted by molar-refractivity contribution is -0.139. The third kappa shape index (κ3) is 6.98. The van der Waals surface area contributed by atoms with Crippen molar-refractivity contribution in [1.82, 2.24) is 10.2 Å². The predicted octanol–water partition coefficient (Wildman–Crippen LogP) is 4.39. The van der Waals surface area contributed by atoms with E-state index in [1.165, 1.54) is 17.0 Å². The van der Waals surface area contributed by atoms with E-state index in [0.29, 0.717) is 12.1 Å². The number of hydrogen-bond acceptors (Lipinski definition) is 4. The molecule has 0 saturated carbocycles. The zero-order valence-electron chi connectivity index (χ0n) is 21.8. The molecule has 1 atom stereocenters. The van der Waals surface area contributed by atoms with Crippen molar-refractivity contribution in [3.05, 3.63) is 96.1 Å². The second-order valence-corrected chi connectivity index (χ2v) is 11.0. The molecule has 3 aromatic rings. The first-order valence-corrected chi connectivity index (χ1v) is 13.9. The lowest BCUT2D eigenvalue weighted by atomic mass is 10.1. The van der Waals surface area contributed by atoms with E-state index in [1.807, 2.05) is 63.2 Å². The maximum atomic E-state index is 13.9. The summed E-state index contributed by atoms with van der Waals surface area (Å²) in [6.07, 6.45) is 0.589. The fraction of sp³-hybridized carbons (Fsp3) is 0.310. The number of sulfonamides is 1. The number of nitrogens with one attached hydrogen (secondary N) is 1. The van der Waals surface area contributed by atoms with Crippen LogP contribution in [0.3, 0.4) is 0 Å². The molecule has 1 unspecified atom stereocenters. The minimum absolute atomic E-state index is 0.0916. The summed E-state index contributed by atoms with van der Waals surface area (Å²) < 4.78 is 28.8. The quantitative estimate of drug-likeness (QED) is 0.406. The second kappa shape index (κ2) is 12.5. The smallest absolute Gasteiger partial charge is 0.264 e. The molecule has 37 heavy (non-hydrogen) atoms. The highest BCUT2D eigenvalue weighted by Crippen LogP contribution is 2.28. The Hall–Kier alpha value is -3.65. The van der Waals surface area contributed by atoms with Crippen molar-refractivity contribution in [3.63, 3.8) is 0 Å². The highest BCUT2D eigenvalue weighted by atomic mass is 32.2. The third-order valence-corrected chi connectivity index (χ3v) is 7.82. The van der Waals surface area contributed by atoms with Gasteiger partial charge in [0.2, 0.25) is 11.8 Å². The molecule has 7 nitrogen and oxygen atoms in total. The Morgan fingerprint density at radius 3 is 2.00 bits per heavy atom. The van der Waals surface area contributed by atoms with E-state index < -0.39 is 28.5 Å². The largest absolute Gasteiger partial charge is 0.352 e. The molecule has 3 aromatic carbocycles. The number of benzene rings is 3. The molecule has 0 saturated heterocycles. The highest BCUT2D eigenvalue weighted by molar-refractivity contribution is 7.92. The van der Waals surface area contributed by atoms with Gasteiger partial charge in [-0.1, -0.05) is 73.7 Å². The maximum absolute atomic E-state index is 13.9. The van der Waals surface area contributed by atoms with E-state index in [9.17, 15) is 18.0 Å². The Morgan fingerprint density at radius 2 is 1.41 bits per heavy atom. The van der Waals surface area contributed by atoms with Crippen molar-refractivity contribution in [3.8, 4) is 0 Å². The number of rotatable bonds is 11. The number of carbonyl (C=O) groups is 2. The van der Waals surface area contributed by atoms with Crippen LogP contribution in [0.1, 0.15) is 38.8 Å². The van der Waals surface area contributed by atoms with Crippen LogP contribution in [-0.4, -0.2) is 43.8 Å². The molecule has 2 amide bonds. The molecular weight excluding hydrogens is 486 g/mol. The van der Waals surface area contributed by atoms with E-state index in [1.54, 1.807) is 37.3 Å². The van der Waals surface area contributed by atoms with Crippen LogP contribution in [0.5, 0.6) is 0 Å². The Kier molecular flexibility index (Phi) is 9.47. The number of aryl methyl sites for hydroxylation is 1. The molecule has 0 spiro atoms. The number of carbonyl (C=O) groups excluding carboxylic acids is 2. The summed E-state index contributed by atoms with van der Waals surface area (Å²) in [6.45, 7) is 7.03. The van der Waals surface area contributed by atoms with Gasteiger partial charge < -0.3 is 10.2 Å². The molecule has 0 fully saturated rings. The summed E-state index contributed by atoms with van der Waals surface area (Å²) in [5, 5.41) is 2.86. The molecule has 0 aromatic heterocycles. The van der Waals surface area contributed by atoms with Gasteiger partial charge in [0, 0.05) is 12.6 Å². The number of nitrogens with zero attached hydrogens (tertiary/aromatic N) is 2. The Labute approximate surface area is 220 Å². The van der Waals surface area contributed by atoms with Crippen LogP contribution in [0.15, 0.2) is 89.8 Å². The van der Waals surface area contributed by atoms with Gasteiger partial charge in [0.15, 0.2) is 0 Å². The summed E-state index contributed by atoms with van der Waals surface area (Å²) in [7, 11) is -4.07. The molecule has 0 bridgehead atoms. The van der Waals surface area contributed by atoms with Gasteiger partial charge in [-0.25, -0.2) is 8.42 Å². The summed E-state index contributed by atoms with van der Waals surface area (Å²) >= 11 is 0. The summed E-state index contributed by atoms with van der Waals surface area (Å²) in [5.41, 5.74) is 2.09. The van der Waals surface area contributed by atoms with Crippen LogP contribution in [-0.2, 0) is 32.6 Å². The van der Waals surface area contributed by atoms with Gasteiger partial charge in [-0.15, -0.1) is 0 Å². The van der Waals surface area contributed by atoms with Crippen molar-refractivity contribution in [2.45, 2.75) is 57.6 Å². The van der Waals surface area contributed by atoms with Crippen molar-refractivity contribution >= 4 is 27.5 Å². The van der Waals surface area contributed by atoms with Gasteiger partial charge in [-0.3, -0.25) is 13.9 Å². The lowest BCUT2D eigenvalue weighted by Gasteiger charge is -2.33. The standard InChI is InChI=1S/C29H35N3O4S/c1-5-25-16-12-13-19-27(25)32(37(35,36)26-17-10-7-11-18-26)21-28(33)31(20-24-14-8-6-9-15-24)23(4)29(34)30-22(2)3/h6-19,22-23H,5,20-21H2,1-4H3,(H,30,34).